The van der Waals surface area contributed by atoms with E-state index in [-0.39, 0.29) is 11.7 Å². The van der Waals surface area contributed by atoms with Gasteiger partial charge >= 0.3 is 5.69 Å². The van der Waals surface area contributed by atoms with Crippen LogP contribution in [0.15, 0.2) is 47.5 Å². The van der Waals surface area contributed by atoms with Gasteiger partial charge in [-0.15, -0.1) is 5.10 Å². The number of nitrogens with one attached hydrogen (secondary N) is 1. The van der Waals surface area contributed by atoms with Crippen LogP contribution in [0.1, 0.15) is 0 Å². The minimum atomic E-state index is -0.181. The molecule has 3 aromatic rings. The van der Waals surface area contributed by atoms with Gasteiger partial charge in [0.25, 0.3) is 0 Å². The first kappa shape index (κ1) is 14.1. The molecule has 1 saturated heterocycles. The van der Waals surface area contributed by atoms with Crippen molar-refractivity contribution < 1.29 is 4.74 Å². The van der Waals surface area contributed by atoms with Crippen molar-refractivity contribution in [2.24, 2.45) is 0 Å². The van der Waals surface area contributed by atoms with Crippen molar-refractivity contribution in [1.29, 1.82) is 0 Å². The number of ether oxygens (including phenoxy) is 1. The number of benzene rings is 1. The van der Waals surface area contributed by atoms with E-state index in [0.29, 0.717) is 25.4 Å². The molecule has 3 heterocycles. The van der Waals surface area contributed by atoms with Crippen molar-refractivity contribution in [1.82, 2.24) is 24.5 Å². The van der Waals surface area contributed by atoms with Crippen LogP contribution in [0.25, 0.3) is 16.9 Å². The zero-order chi connectivity index (χ0) is 15.6. The van der Waals surface area contributed by atoms with Crippen LogP contribution in [-0.4, -0.2) is 45.0 Å². The maximum absolute atomic E-state index is 12.4. The van der Waals surface area contributed by atoms with Gasteiger partial charge in [0.1, 0.15) is 6.33 Å². The van der Waals surface area contributed by atoms with Crippen molar-refractivity contribution >= 4 is 5.65 Å². The third-order valence-corrected chi connectivity index (χ3v) is 3.94. The summed E-state index contributed by atoms with van der Waals surface area (Å²) < 4.78 is 8.36. The van der Waals surface area contributed by atoms with E-state index >= 15 is 0 Å². The second-order valence-electron chi connectivity index (χ2n) is 5.56. The standard InChI is InChI=1S/C16H17N5O2/c22-16-20-11-18-14(12-4-2-1-3-5-12)8-15(20)19-21(16)9-13-10-23-7-6-17-13/h1-5,8,11,13,17H,6-7,9-10H2/t13-/m0/s1. The smallest absolute Gasteiger partial charge is 0.351 e. The van der Waals surface area contributed by atoms with Gasteiger partial charge in [-0.3, -0.25) is 0 Å². The maximum atomic E-state index is 12.4. The number of aromatic nitrogens is 4. The van der Waals surface area contributed by atoms with E-state index in [1.165, 1.54) is 15.4 Å². The molecule has 1 aliphatic heterocycles. The van der Waals surface area contributed by atoms with E-state index in [9.17, 15) is 4.79 Å². The lowest BCUT2D eigenvalue weighted by Gasteiger charge is -2.22. The SMILES string of the molecule is O=c1n(C[C@H]2COCCN2)nc2cc(-c3ccccc3)ncn12. The van der Waals surface area contributed by atoms with Gasteiger partial charge in [-0.2, -0.15) is 0 Å². The molecule has 4 rings (SSSR count). The monoisotopic (exact) mass is 311 g/mol. The van der Waals surface area contributed by atoms with E-state index < -0.39 is 0 Å². The average Bonchev–Trinajstić information content (AvgIpc) is 2.92. The Kier molecular flexibility index (Phi) is 3.64. The van der Waals surface area contributed by atoms with Crippen LogP contribution < -0.4 is 11.0 Å². The highest BCUT2D eigenvalue weighted by molar-refractivity contribution is 5.62. The second kappa shape index (κ2) is 5.94. The molecule has 0 amide bonds. The summed E-state index contributed by atoms with van der Waals surface area (Å²) in [6.45, 7) is 2.59. The van der Waals surface area contributed by atoms with Gasteiger partial charge in [-0.25, -0.2) is 18.9 Å². The fraction of sp³-hybridized carbons (Fsp3) is 0.312. The highest BCUT2D eigenvalue weighted by atomic mass is 16.5. The largest absolute Gasteiger partial charge is 0.378 e. The Morgan fingerprint density at radius 2 is 2.17 bits per heavy atom. The fourth-order valence-electron chi connectivity index (χ4n) is 2.75. The van der Waals surface area contributed by atoms with Crippen LogP contribution in [-0.2, 0) is 11.3 Å². The number of fused-ring (bicyclic) bond motifs is 1. The van der Waals surface area contributed by atoms with Gasteiger partial charge in [0, 0.05) is 18.2 Å². The van der Waals surface area contributed by atoms with E-state index in [2.05, 4.69) is 15.4 Å². The van der Waals surface area contributed by atoms with Gasteiger partial charge in [0.15, 0.2) is 5.65 Å². The normalized spacial score (nSPS) is 18.3. The van der Waals surface area contributed by atoms with E-state index in [1.54, 1.807) is 0 Å². The van der Waals surface area contributed by atoms with Crippen LogP contribution in [0.3, 0.4) is 0 Å². The van der Waals surface area contributed by atoms with Gasteiger partial charge < -0.3 is 10.1 Å². The zero-order valence-electron chi connectivity index (χ0n) is 12.6. The highest BCUT2D eigenvalue weighted by Gasteiger charge is 2.17. The molecule has 118 valence electrons. The Bertz CT molecular complexity index is 865. The Balaban J connectivity index is 1.68. The quantitative estimate of drug-likeness (QED) is 0.764. The van der Waals surface area contributed by atoms with Crippen molar-refractivity contribution in [3.63, 3.8) is 0 Å². The first-order valence-corrected chi connectivity index (χ1v) is 7.63. The molecule has 0 bridgehead atoms. The minimum absolute atomic E-state index is 0.105. The first-order chi connectivity index (χ1) is 11.3. The van der Waals surface area contributed by atoms with Crippen LogP contribution >= 0.6 is 0 Å². The summed E-state index contributed by atoms with van der Waals surface area (Å²) in [4.78, 5) is 16.8. The highest BCUT2D eigenvalue weighted by Crippen LogP contribution is 2.16. The van der Waals surface area contributed by atoms with Gasteiger partial charge in [-0.1, -0.05) is 30.3 Å². The van der Waals surface area contributed by atoms with Crippen molar-refractivity contribution in [3.05, 3.63) is 53.2 Å². The Morgan fingerprint density at radius 1 is 1.30 bits per heavy atom. The topological polar surface area (TPSA) is 73.4 Å². The summed E-state index contributed by atoms with van der Waals surface area (Å²) in [5, 5.41) is 7.75. The molecule has 0 spiro atoms. The fourth-order valence-corrected chi connectivity index (χ4v) is 2.75. The number of hydrogen-bond donors (Lipinski definition) is 1. The molecular formula is C16H17N5O2. The van der Waals surface area contributed by atoms with Crippen LogP contribution in [0, 0.1) is 0 Å². The molecule has 0 saturated carbocycles. The van der Waals surface area contributed by atoms with Gasteiger partial charge in [0.2, 0.25) is 0 Å². The van der Waals surface area contributed by atoms with E-state index in [0.717, 1.165) is 17.8 Å². The average molecular weight is 311 g/mol. The number of hydrogen-bond acceptors (Lipinski definition) is 5. The minimum Gasteiger partial charge on any atom is -0.378 e. The zero-order valence-corrected chi connectivity index (χ0v) is 12.6. The number of nitrogens with zero attached hydrogens (tertiary/aromatic N) is 4. The third kappa shape index (κ3) is 2.76. The predicted molar refractivity (Wildman–Crippen MR) is 85.3 cm³/mol. The van der Waals surface area contributed by atoms with Crippen molar-refractivity contribution in [2.45, 2.75) is 12.6 Å². The summed E-state index contributed by atoms with van der Waals surface area (Å²) >= 11 is 0. The molecule has 7 nitrogen and oxygen atoms in total. The molecule has 0 aliphatic carbocycles. The summed E-state index contributed by atoms with van der Waals surface area (Å²) in [5.74, 6) is 0. The van der Waals surface area contributed by atoms with Crippen molar-refractivity contribution in [2.75, 3.05) is 19.8 Å². The Labute approximate surface area is 132 Å². The number of rotatable bonds is 3. The molecule has 0 radical (unpaired) electrons. The van der Waals surface area contributed by atoms with Crippen LogP contribution in [0.5, 0.6) is 0 Å². The third-order valence-electron chi connectivity index (χ3n) is 3.94. The molecule has 2 aromatic heterocycles. The molecule has 7 heteroatoms. The molecular weight excluding hydrogens is 294 g/mol. The molecule has 1 fully saturated rings. The van der Waals surface area contributed by atoms with Crippen LogP contribution in [0.2, 0.25) is 0 Å². The molecule has 23 heavy (non-hydrogen) atoms. The maximum Gasteiger partial charge on any atom is 0.351 e. The summed E-state index contributed by atoms with van der Waals surface area (Å²) in [6.07, 6.45) is 1.54. The molecule has 1 N–H and O–H groups in total. The lowest BCUT2D eigenvalue weighted by Crippen LogP contribution is -2.45. The van der Waals surface area contributed by atoms with E-state index in [4.69, 9.17) is 4.74 Å². The lowest BCUT2D eigenvalue weighted by molar-refractivity contribution is 0.0698. The van der Waals surface area contributed by atoms with E-state index in [1.807, 2.05) is 36.4 Å². The van der Waals surface area contributed by atoms with Gasteiger partial charge in [0.05, 0.1) is 31.5 Å². The summed E-state index contributed by atoms with van der Waals surface area (Å²) in [6, 6.07) is 11.8. The van der Waals surface area contributed by atoms with Gasteiger partial charge in [-0.05, 0) is 0 Å². The van der Waals surface area contributed by atoms with Crippen molar-refractivity contribution in [3.8, 4) is 11.3 Å². The number of morpholine rings is 1. The summed E-state index contributed by atoms with van der Waals surface area (Å²) in [5.41, 5.74) is 2.22. The molecule has 1 aromatic carbocycles. The first-order valence-electron chi connectivity index (χ1n) is 7.63. The second-order valence-corrected chi connectivity index (χ2v) is 5.56. The van der Waals surface area contributed by atoms with Crippen LogP contribution in [0.4, 0.5) is 0 Å². The molecule has 1 atom stereocenters. The Hall–Kier alpha value is -2.51. The predicted octanol–water partition coefficient (Wildman–Crippen LogP) is 0.546. The summed E-state index contributed by atoms with van der Waals surface area (Å²) in [7, 11) is 0. The molecule has 0 unspecified atom stereocenters. The molecule has 1 aliphatic rings. The Morgan fingerprint density at radius 3 is 2.96 bits per heavy atom. The lowest BCUT2D eigenvalue weighted by atomic mass is 10.1.